The highest BCUT2D eigenvalue weighted by atomic mass is 16.5. The third kappa shape index (κ3) is 5.29. The summed E-state index contributed by atoms with van der Waals surface area (Å²) in [6.07, 6.45) is 2.11. The average molecular weight is 402 g/mol. The minimum absolute atomic E-state index is 0.188. The quantitative estimate of drug-likeness (QED) is 0.666. The zero-order valence-corrected chi connectivity index (χ0v) is 18.0. The molecule has 3 rings (SSSR count). The Hall–Kier alpha value is -2.54. The second-order valence-corrected chi connectivity index (χ2v) is 7.19. The second-order valence-electron chi connectivity index (χ2n) is 7.19. The molecule has 2 aromatic rings. The molecule has 1 aliphatic heterocycles. The van der Waals surface area contributed by atoms with E-state index in [1.54, 1.807) is 14.2 Å². The summed E-state index contributed by atoms with van der Waals surface area (Å²) in [6, 6.07) is 7.95. The lowest BCUT2D eigenvalue weighted by atomic mass is 10.0. The van der Waals surface area contributed by atoms with E-state index in [1.165, 1.54) is 0 Å². The number of rotatable bonds is 8. The lowest BCUT2D eigenvalue weighted by Gasteiger charge is -2.35. The van der Waals surface area contributed by atoms with Crippen molar-refractivity contribution in [1.29, 1.82) is 0 Å². The molecule has 0 amide bonds. The zero-order chi connectivity index (χ0) is 20.8. The predicted octanol–water partition coefficient (Wildman–Crippen LogP) is 3.81. The van der Waals surface area contributed by atoms with Gasteiger partial charge in [0.1, 0.15) is 11.9 Å². The van der Waals surface area contributed by atoms with E-state index in [0.717, 1.165) is 43.1 Å². The predicted molar refractivity (Wildman–Crippen MR) is 111 cm³/mol. The lowest BCUT2D eigenvalue weighted by Crippen LogP contribution is -2.39. The highest BCUT2D eigenvalue weighted by Gasteiger charge is 2.26. The van der Waals surface area contributed by atoms with Crippen LogP contribution in [0.5, 0.6) is 23.3 Å². The van der Waals surface area contributed by atoms with Gasteiger partial charge in [0.15, 0.2) is 5.75 Å². The molecular formula is C22H31N3O4. The topological polar surface area (TPSA) is 65.9 Å². The molecule has 0 spiro atoms. The van der Waals surface area contributed by atoms with Gasteiger partial charge in [-0.25, -0.2) is 9.97 Å². The molecule has 0 aromatic carbocycles. The minimum Gasteiger partial charge on any atom is -0.491 e. The van der Waals surface area contributed by atoms with Crippen LogP contribution in [0.4, 0.5) is 0 Å². The number of methoxy groups -OCH3 is 2. The average Bonchev–Trinajstić information content (AvgIpc) is 2.73. The molecule has 1 fully saturated rings. The fourth-order valence-corrected chi connectivity index (χ4v) is 3.63. The summed E-state index contributed by atoms with van der Waals surface area (Å²) < 4.78 is 22.4. The Morgan fingerprint density at radius 3 is 2.52 bits per heavy atom. The first-order valence-electron chi connectivity index (χ1n) is 10.1. The highest BCUT2D eigenvalue weighted by Crippen LogP contribution is 2.30. The zero-order valence-electron chi connectivity index (χ0n) is 18.0. The van der Waals surface area contributed by atoms with E-state index in [4.69, 9.17) is 18.9 Å². The number of hydrogen-bond donors (Lipinski definition) is 0. The Balaban J connectivity index is 1.59. The molecule has 1 aliphatic rings. The maximum absolute atomic E-state index is 6.22. The monoisotopic (exact) mass is 401 g/mol. The second kappa shape index (κ2) is 9.78. The number of likely N-dealkylation sites (tertiary alicyclic amines) is 1. The Kier molecular flexibility index (Phi) is 7.14. The minimum atomic E-state index is 0.188. The number of piperidine rings is 1. The molecule has 0 N–H and O–H groups in total. The van der Waals surface area contributed by atoms with E-state index < -0.39 is 0 Å². The SMILES string of the molecule is CCOc1cc(OC2CCN(C(C)c3ccc(OC)c(OC)n3)CC2)cc(C)n1. The number of aromatic nitrogens is 2. The summed E-state index contributed by atoms with van der Waals surface area (Å²) in [5, 5.41) is 0. The van der Waals surface area contributed by atoms with E-state index in [1.807, 2.05) is 38.1 Å². The van der Waals surface area contributed by atoms with Gasteiger partial charge in [-0.15, -0.1) is 0 Å². The fourth-order valence-electron chi connectivity index (χ4n) is 3.63. The maximum atomic E-state index is 6.22. The number of hydrogen-bond acceptors (Lipinski definition) is 7. The Morgan fingerprint density at radius 1 is 1.10 bits per heavy atom. The third-order valence-electron chi connectivity index (χ3n) is 5.21. The van der Waals surface area contributed by atoms with Crippen molar-refractivity contribution in [3.8, 4) is 23.3 Å². The van der Waals surface area contributed by atoms with Crippen LogP contribution in [-0.4, -0.2) is 54.9 Å². The number of ether oxygens (including phenoxy) is 4. The van der Waals surface area contributed by atoms with Gasteiger partial charge in [-0.3, -0.25) is 4.90 Å². The summed E-state index contributed by atoms with van der Waals surface area (Å²) in [5.41, 5.74) is 1.88. The number of aryl methyl sites for hydroxylation is 1. The van der Waals surface area contributed by atoms with Crippen molar-refractivity contribution in [2.45, 2.75) is 45.8 Å². The molecule has 2 aromatic heterocycles. The number of nitrogens with zero attached hydrogens (tertiary/aromatic N) is 3. The van der Waals surface area contributed by atoms with E-state index in [9.17, 15) is 0 Å². The molecular weight excluding hydrogens is 370 g/mol. The Bertz CT molecular complexity index is 807. The standard InChI is InChI=1S/C22H31N3O4/c1-6-28-21-14-18(13-15(2)23-21)29-17-9-11-25(12-10-17)16(3)19-7-8-20(26-4)22(24-19)27-5/h7-8,13-14,16-17H,6,9-12H2,1-5H3. The van der Waals surface area contributed by atoms with E-state index in [2.05, 4.69) is 21.8 Å². The van der Waals surface area contributed by atoms with Gasteiger partial charge >= 0.3 is 0 Å². The molecule has 1 saturated heterocycles. The van der Waals surface area contributed by atoms with Gasteiger partial charge in [0.05, 0.1) is 26.5 Å². The molecule has 7 heteroatoms. The summed E-state index contributed by atoms with van der Waals surface area (Å²) >= 11 is 0. The first-order chi connectivity index (χ1) is 14.0. The van der Waals surface area contributed by atoms with Gasteiger partial charge in [0, 0.05) is 37.0 Å². The van der Waals surface area contributed by atoms with Crippen LogP contribution in [0.25, 0.3) is 0 Å². The Labute approximate surface area is 173 Å². The number of pyridine rings is 2. The van der Waals surface area contributed by atoms with E-state index >= 15 is 0 Å². The Morgan fingerprint density at radius 2 is 1.86 bits per heavy atom. The van der Waals surface area contributed by atoms with Crippen LogP contribution in [0.2, 0.25) is 0 Å². The molecule has 1 unspecified atom stereocenters. The van der Waals surface area contributed by atoms with Crippen molar-refractivity contribution in [1.82, 2.24) is 14.9 Å². The molecule has 0 saturated carbocycles. The van der Waals surface area contributed by atoms with Crippen molar-refractivity contribution in [2.24, 2.45) is 0 Å². The van der Waals surface area contributed by atoms with Crippen molar-refractivity contribution in [3.63, 3.8) is 0 Å². The maximum Gasteiger partial charge on any atom is 0.257 e. The van der Waals surface area contributed by atoms with Crippen LogP contribution in [-0.2, 0) is 0 Å². The first kappa shape index (κ1) is 21.2. The lowest BCUT2D eigenvalue weighted by molar-refractivity contribution is 0.0781. The molecule has 29 heavy (non-hydrogen) atoms. The summed E-state index contributed by atoms with van der Waals surface area (Å²) in [5.74, 6) is 2.62. The van der Waals surface area contributed by atoms with Gasteiger partial charge in [-0.1, -0.05) is 0 Å². The van der Waals surface area contributed by atoms with Crippen LogP contribution in [0.1, 0.15) is 44.1 Å². The third-order valence-corrected chi connectivity index (χ3v) is 5.21. The van der Waals surface area contributed by atoms with Crippen LogP contribution in [0.15, 0.2) is 24.3 Å². The molecule has 7 nitrogen and oxygen atoms in total. The van der Waals surface area contributed by atoms with Gasteiger partial charge in [-0.05, 0) is 45.7 Å². The van der Waals surface area contributed by atoms with Crippen molar-refractivity contribution in [3.05, 3.63) is 35.7 Å². The molecule has 0 bridgehead atoms. The summed E-state index contributed by atoms with van der Waals surface area (Å²) in [7, 11) is 3.23. The molecule has 158 valence electrons. The van der Waals surface area contributed by atoms with Crippen molar-refractivity contribution in [2.75, 3.05) is 33.9 Å². The van der Waals surface area contributed by atoms with Crippen molar-refractivity contribution < 1.29 is 18.9 Å². The summed E-state index contributed by atoms with van der Waals surface area (Å²) in [4.78, 5) is 11.4. The highest BCUT2D eigenvalue weighted by molar-refractivity contribution is 5.35. The molecule has 0 aliphatic carbocycles. The molecule has 0 radical (unpaired) electrons. The summed E-state index contributed by atoms with van der Waals surface area (Å²) in [6.45, 7) is 8.57. The molecule has 3 heterocycles. The largest absolute Gasteiger partial charge is 0.491 e. The van der Waals surface area contributed by atoms with E-state index in [0.29, 0.717) is 24.1 Å². The van der Waals surface area contributed by atoms with Gasteiger partial charge < -0.3 is 18.9 Å². The van der Waals surface area contributed by atoms with E-state index in [-0.39, 0.29) is 12.1 Å². The van der Waals surface area contributed by atoms with Crippen molar-refractivity contribution >= 4 is 0 Å². The smallest absolute Gasteiger partial charge is 0.257 e. The fraction of sp³-hybridized carbons (Fsp3) is 0.545. The van der Waals surface area contributed by atoms with Crippen LogP contribution >= 0.6 is 0 Å². The van der Waals surface area contributed by atoms with Gasteiger partial charge in [0.25, 0.3) is 5.88 Å². The van der Waals surface area contributed by atoms with Crippen LogP contribution in [0.3, 0.4) is 0 Å². The molecule has 1 atom stereocenters. The first-order valence-corrected chi connectivity index (χ1v) is 10.1. The van der Waals surface area contributed by atoms with Gasteiger partial charge in [-0.2, -0.15) is 0 Å². The van der Waals surface area contributed by atoms with Crippen LogP contribution < -0.4 is 18.9 Å². The van der Waals surface area contributed by atoms with Crippen LogP contribution in [0, 0.1) is 6.92 Å². The van der Waals surface area contributed by atoms with Gasteiger partial charge in [0.2, 0.25) is 5.88 Å². The normalized spacial score (nSPS) is 16.3.